The molecule has 9 atom stereocenters. The first-order valence-corrected chi connectivity index (χ1v) is 13.1. The molecule has 0 aliphatic heterocycles. The van der Waals surface area contributed by atoms with Gasteiger partial charge in [0, 0.05) is 24.2 Å². The molecular weight excluding hydrogens is 406 g/mol. The van der Waals surface area contributed by atoms with E-state index in [2.05, 4.69) is 46.0 Å². The number of benzene rings is 1. The molecule has 3 nitrogen and oxygen atoms in total. The highest BCUT2D eigenvalue weighted by Crippen LogP contribution is 2.82. The maximum Gasteiger partial charge on any atom is 0.172 e. The van der Waals surface area contributed by atoms with Crippen molar-refractivity contribution in [3.63, 3.8) is 0 Å². The summed E-state index contributed by atoms with van der Waals surface area (Å²) in [4.78, 5) is 28.0. The van der Waals surface area contributed by atoms with Crippen LogP contribution in [-0.4, -0.2) is 18.6 Å². The number of rotatable bonds is 4. The first-order chi connectivity index (χ1) is 15.6. The molecule has 178 valence electrons. The van der Waals surface area contributed by atoms with Crippen molar-refractivity contribution in [2.24, 2.45) is 58.2 Å². The van der Waals surface area contributed by atoms with E-state index in [9.17, 15) is 9.59 Å². The molecule has 0 heterocycles. The summed E-state index contributed by atoms with van der Waals surface area (Å²) in [5, 5.41) is 3.22. The van der Waals surface area contributed by atoms with Crippen molar-refractivity contribution in [3.05, 3.63) is 41.5 Å². The van der Waals surface area contributed by atoms with Crippen LogP contribution in [0.1, 0.15) is 71.2 Å². The van der Waals surface area contributed by atoms with Crippen molar-refractivity contribution in [2.45, 2.75) is 60.8 Å². The highest BCUT2D eigenvalue weighted by Gasteiger charge is 2.83. The lowest BCUT2D eigenvalue weighted by Crippen LogP contribution is -2.49. The third-order valence-electron chi connectivity index (χ3n) is 10.5. The van der Waals surface area contributed by atoms with E-state index in [-0.39, 0.29) is 34.7 Å². The van der Waals surface area contributed by atoms with E-state index in [1.807, 2.05) is 31.3 Å². The third kappa shape index (κ3) is 2.93. The van der Waals surface area contributed by atoms with Crippen molar-refractivity contribution in [1.29, 1.82) is 0 Å². The molecule has 0 saturated heterocycles. The summed E-state index contributed by atoms with van der Waals surface area (Å²) in [6.45, 7) is 13.3. The van der Waals surface area contributed by atoms with E-state index >= 15 is 0 Å². The Kier molecular flexibility index (Phi) is 5.23. The van der Waals surface area contributed by atoms with Crippen molar-refractivity contribution in [3.8, 4) is 0 Å². The Hall–Kier alpha value is -1.90. The predicted molar refractivity (Wildman–Crippen MR) is 134 cm³/mol. The van der Waals surface area contributed by atoms with E-state index in [1.165, 1.54) is 24.8 Å². The number of hydrogen-bond donors (Lipinski definition) is 1. The fourth-order valence-corrected chi connectivity index (χ4v) is 9.66. The SMILES string of the molecule is CNc1ccccc1C(=O)C12C(C(C)=O)[C@@H](C)C3[C@@H]4CC(C)CC4CC(C)=C[C@H]3[C@H]1C2(C)C. The second-order valence-corrected chi connectivity index (χ2v) is 12.5. The van der Waals surface area contributed by atoms with Gasteiger partial charge in [0.2, 0.25) is 0 Å². The minimum Gasteiger partial charge on any atom is -0.388 e. The smallest absolute Gasteiger partial charge is 0.172 e. The van der Waals surface area contributed by atoms with Crippen LogP contribution in [0.25, 0.3) is 0 Å². The maximum absolute atomic E-state index is 14.5. The molecule has 0 aromatic heterocycles. The van der Waals surface area contributed by atoms with Gasteiger partial charge in [-0.2, -0.15) is 0 Å². The van der Waals surface area contributed by atoms with Gasteiger partial charge in [-0.25, -0.2) is 0 Å². The molecule has 1 N–H and O–H groups in total. The summed E-state index contributed by atoms with van der Waals surface area (Å²) in [5.41, 5.74) is 2.30. The number of fused-ring (bicyclic) bond motifs is 5. The number of anilines is 1. The molecule has 3 saturated carbocycles. The van der Waals surface area contributed by atoms with Gasteiger partial charge in [0.15, 0.2) is 5.78 Å². The molecule has 3 fully saturated rings. The van der Waals surface area contributed by atoms with Crippen LogP contribution in [0.5, 0.6) is 0 Å². The van der Waals surface area contributed by atoms with Crippen LogP contribution in [0.3, 0.4) is 0 Å². The highest BCUT2D eigenvalue weighted by molar-refractivity contribution is 6.10. The van der Waals surface area contributed by atoms with Crippen molar-refractivity contribution < 1.29 is 9.59 Å². The van der Waals surface area contributed by atoms with Crippen LogP contribution in [0.15, 0.2) is 35.9 Å². The molecule has 0 radical (unpaired) electrons. The lowest BCUT2D eigenvalue weighted by atomic mass is 9.55. The zero-order valence-electron chi connectivity index (χ0n) is 21.4. The Morgan fingerprint density at radius 1 is 1.09 bits per heavy atom. The molecule has 5 rings (SSSR count). The largest absolute Gasteiger partial charge is 0.388 e. The van der Waals surface area contributed by atoms with E-state index in [4.69, 9.17) is 0 Å². The molecule has 33 heavy (non-hydrogen) atoms. The van der Waals surface area contributed by atoms with Gasteiger partial charge in [0.25, 0.3) is 0 Å². The summed E-state index contributed by atoms with van der Waals surface area (Å²) in [5.74, 6) is 3.67. The second kappa shape index (κ2) is 7.55. The van der Waals surface area contributed by atoms with Gasteiger partial charge in [-0.15, -0.1) is 0 Å². The summed E-state index contributed by atoms with van der Waals surface area (Å²) < 4.78 is 0. The number of carbonyl (C=O) groups excluding carboxylic acids is 2. The molecule has 0 spiro atoms. The van der Waals surface area contributed by atoms with E-state index in [1.54, 1.807) is 6.92 Å². The van der Waals surface area contributed by atoms with Crippen LogP contribution in [0, 0.1) is 58.2 Å². The molecule has 4 aliphatic carbocycles. The highest BCUT2D eigenvalue weighted by atomic mass is 16.1. The van der Waals surface area contributed by atoms with Crippen LogP contribution < -0.4 is 5.32 Å². The Labute approximate surface area is 199 Å². The number of ketones is 2. The number of carbonyl (C=O) groups is 2. The fraction of sp³-hybridized carbons (Fsp3) is 0.667. The second-order valence-electron chi connectivity index (χ2n) is 12.5. The molecule has 5 unspecified atom stereocenters. The molecule has 0 amide bonds. The Morgan fingerprint density at radius 3 is 2.45 bits per heavy atom. The molecule has 1 aromatic carbocycles. The minimum atomic E-state index is -0.618. The standard InChI is InChI=1S/C30H41NO2/c1-16-12-20-13-17(2)15-23-25(22(20)14-16)18(3)26(19(4)32)30(27(23)29(30,5)6)28(33)21-10-8-9-11-24(21)31-7/h8-11,15-16,18,20,22-23,25-27,31H,12-14H2,1-7H3/t16?,18-,20?,22+,23+,25?,26?,27-,30?/m0/s1. The van der Waals surface area contributed by atoms with Gasteiger partial charge >= 0.3 is 0 Å². The fourth-order valence-electron chi connectivity index (χ4n) is 9.66. The lowest BCUT2D eigenvalue weighted by molar-refractivity contribution is -0.128. The van der Waals surface area contributed by atoms with Crippen LogP contribution in [0.4, 0.5) is 5.69 Å². The molecule has 1 aromatic rings. The first-order valence-electron chi connectivity index (χ1n) is 13.1. The number of nitrogens with one attached hydrogen (secondary N) is 1. The monoisotopic (exact) mass is 447 g/mol. The number of Topliss-reactive ketones (excluding diaryl/α,β-unsaturated/α-hetero) is 2. The van der Waals surface area contributed by atoms with Gasteiger partial charge in [-0.3, -0.25) is 9.59 Å². The van der Waals surface area contributed by atoms with Crippen molar-refractivity contribution in [2.75, 3.05) is 12.4 Å². The zero-order valence-corrected chi connectivity index (χ0v) is 21.4. The van der Waals surface area contributed by atoms with Gasteiger partial charge in [0.05, 0.1) is 5.41 Å². The Morgan fingerprint density at radius 2 is 1.79 bits per heavy atom. The van der Waals surface area contributed by atoms with Crippen molar-refractivity contribution >= 4 is 17.3 Å². The van der Waals surface area contributed by atoms with Gasteiger partial charge in [0.1, 0.15) is 5.78 Å². The summed E-state index contributed by atoms with van der Waals surface area (Å²) in [6, 6.07) is 7.85. The predicted octanol–water partition coefficient (Wildman–Crippen LogP) is 6.65. The average Bonchev–Trinajstić information content (AvgIpc) is 3.12. The number of hydrogen-bond acceptors (Lipinski definition) is 3. The topological polar surface area (TPSA) is 46.2 Å². The lowest BCUT2D eigenvalue weighted by Gasteiger charge is -2.47. The maximum atomic E-state index is 14.5. The molecule has 4 aliphatic rings. The normalized spacial score (nSPS) is 42.8. The molecule has 0 bridgehead atoms. The number of para-hydroxylation sites is 1. The van der Waals surface area contributed by atoms with E-state index in [0.717, 1.165) is 23.1 Å². The van der Waals surface area contributed by atoms with Gasteiger partial charge in [-0.05, 0) is 92.1 Å². The Balaban J connectivity index is 1.68. The van der Waals surface area contributed by atoms with Crippen LogP contribution in [-0.2, 0) is 4.79 Å². The summed E-state index contributed by atoms with van der Waals surface area (Å²) in [6.07, 6.45) is 6.32. The van der Waals surface area contributed by atoms with Crippen molar-refractivity contribution in [1.82, 2.24) is 0 Å². The quantitative estimate of drug-likeness (QED) is 0.415. The summed E-state index contributed by atoms with van der Waals surface area (Å²) in [7, 11) is 1.88. The first kappa shape index (κ1) is 22.9. The number of allylic oxidation sites excluding steroid dienone is 2. The van der Waals surface area contributed by atoms with Gasteiger partial charge in [-0.1, -0.05) is 51.5 Å². The summed E-state index contributed by atoms with van der Waals surface area (Å²) >= 11 is 0. The zero-order chi connectivity index (χ0) is 23.9. The van der Waals surface area contributed by atoms with E-state index < -0.39 is 5.41 Å². The van der Waals surface area contributed by atoms with E-state index in [0.29, 0.717) is 17.8 Å². The third-order valence-corrected chi connectivity index (χ3v) is 10.5. The Bertz CT molecular complexity index is 1020. The van der Waals surface area contributed by atoms with Crippen LogP contribution >= 0.6 is 0 Å². The molecule has 3 heteroatoms. The van der Waals surface area contributed by atoms with Gasteiger partial charge < -0.3 is 5.32 Å². The minimum absolute atomic E-state index is 0.180. The average molecular weight is 448 g/mol. The van der Waals surface area contributed by atoms with Crippen LogP contribution in [0.2, 0.25) is 0 Å². The molecular formula is C30H41NO2.